The third-order valence-electron chi connectivity index (χ3n) is 4.17. The summed E-state index contributed by atoms with van der Waals surface area (Å²) in [4.78, 5) is 23.1. The zero-order chi connectivity index (χ0) is 17.2. The Morgan fingerprint density at radius 1 is 1.32 bits per heavy atom. The van der Waals surface area contributed by atoms with Gasteiger partial charge in [-0.1, -0.05) is 23.7 Å². The van der Waals surface area contributed by atoms with Crippen molar-refractivity contribution in [2.75, 3.05) is 13.1 Å². The van der Waals surface area contributed by atoms with Crippen LogP contribution in [0.15, 0.2) is 42.7 Å². The van der Waals surface area contributed by atoms with Crippen molar-refractivity contribution in [3.05, 3.63) is 52.8 Å². The van der Waals surface area contributed by atoms with Crippen LogP contribution < -0.4 is 4.74 Å². The van der Waals surface area contributed by atoms with E-state index in [1.165, 1.54) is 11.3 Å². The predicted molar refractivity (Wildman–Crippen MR) is 98.4 cm³/mol. The molecule has 7 heteroatoms. The summed E-state index contributed by atoms with van der Waals surface area (Å²) in [5, 5.41) is 1.01. The Morgan fingerprint density at radius 3 is 3.04 bits per heavy atom. The number of benzene rings is 1. The molecule has 0 aliphatic carbocycles. The molecule has 25 heavy (non-hydrogen) atoms. The van der Waals surface area contributed by atoms with Crippen molar-refractivity contribution < 1.29 is 9.53 Å². The number of pyridine rings is 1. The molecule has 4 rings (SSSR count). The highest BCUT2D eigenvalue weighted by atomic mass is 35.5. The number of aromatic nitrogens is 2. The Labute approximate surface area is 154 Å². The normalized spacial score (nSPS) is 17.6. The number of nitrogens with zero attached hydrogens (tertiary/aromatic N) is 3. The van der Waals surface area contributed by atoms with Gasteiger partial charge in [-0.25, -0.2) is 4.98 Å². The predicted octanol–water partition coefficient (Wildman–Crippen LogP) is 4.03. The molecule has 0 bridgehead atoms. The van der Waals surface area contributed by atoms with Crippen molar-refractivity contribution >= 4 is 39.1 Å². The number of ether oxygens (including phenoxy) is 1. The van der Waals surface area contributed by atoms with E-state index in [9.17, 15) is 4.79 Å². The number of likely N-dealkylation sites (tertiary alicyclic amines) is 1. The monoisotopic (exact) mass is 373 g/mol. The first kappa shape index (κ1) is 16.3. The molecule has 0 spiro atoms. The molecule has 1 aliphatic rings. The molecule has 3 aromatic rings. The van der Waals surface area contributed by atoms with Crippen LogP contribution in [0.1, 0.15) is 22.6 Å². The van der Waals surface area contributed by atoms with Gasteiger partial charge in [-0.2, -0.15) is 0 Å². The van der Waals surface area contributed by atoms with E-state index < -0.39 is 0 Å². The Bertz CT molecular complexity index is 881. The zero-order valence-electron chi connectivity index (χ0n) is 13.4. The lowest BCUT2D eigenvalue weighted by molar-refractivity contribution is 0.0538. The van der Waals surface area contributed by atoms with Crippen LogP contribution in [0, 0.1) is 0 Å². The number of rotatable bonds is 3. The molecule has 0 radical (unpaired) electrons. The maximum Gasteiger partial charge on any atom is 0.282 e. The summed E-state index contributed by atoms with van der Waals surface area (Å²) in [7, 11) is 0. The summed E-state index contributed by atoms with van der Waals surface area (Å²) in [6, 6.07) is 9.54. The van der Waals surface area contributed by atoms with E-state index in [2.05, 4.69) is 9.97 Å². The largest absolute Gasteiger partial charge is 0.487 e. The van der Waals surface area contributed by atoms with E-state index >= 15 is 0 Å². The van der Waals surface area contributed by atoms with Gasteiger partial charge in [0.1, 0.15) is 16.9 Å². The number of carbonyl (C=O) groups excluding carboxylic acids is 1. The minimum Gasteiger partial charge on any atom is -0.487 e. The van der Waals surface area contributed by atoms with Crippen molar-refractivity contribution in [2.24, 2.45) is 0 Å². The summed E-state index contributed by atoms with van der Waals surface area (Å²) in [5.41, 5.74) is 0.865. The van der Waals surface area contributed by atoms with Gasteiger partial charge in [-0.15, -0.1) is 11.3 Å². The molecule has 0 saturated carbocycles. The van der Waals surface area contributed by atoms with E-state index in [1.54, 1.807) is 18.5 Å². The number of piperidine rings is 1. The smallest absolute Gasteiger partial charge is 0.282 e. The fourth-order valence-corrected chi connectivity index (χ4v) is 4.05. The number of thiazole rings is 1. The molecule has 1 fully saturated rings. The number of hydrogen-bond acceptors (Lipinski definition) is 5. The second-order valence-electron chi connectivity index (χ2n) is 5.93. The molecule has 1 aliphatic heterocycles. The Morgan fingerprint density at radius 2 is 2.20 bits per heavy atom. The second-order valence-corrected chi connectivity index (χ2v) is 7.36. The lowest BCUT2D eigenvalue weighted by atomic mass is 10.1. The zero-order valence-corrected chi connectivity index (χ0v) is 15.0. The van der Waals surface area contributed by atoms with Gasteiger partial charge < -0.3 is 9.64 Å². The molecule has 5 nitrogen and oxygen atoms in total. The van der Waals surface area contributed by atoms with Gasteiger partial charge in [-0.3, -0.25) is 9.78 Å². The first-order valence-electron chi connectivity index (χ1n) is 8.12. The topological polar surface area (TPSA) is 55.3 Å². The van der Waals surface area contributed by atoms with Crippen molar-refractivity contribution in [2.45, 2.75) is 18.9 Å². The number of fused-ring (bicyclic) bond motifs is 1. The van der Waals surface area contributed by atoms with Gasteiger partial charge in [0.2, 0.25) is 0 Å². The quantitative estimate of drug-likeness (QED) is 0.695. The van der Waals surface area contributed by atoms with E-state index in [4.69, 9.17) is 16.3 Å². The number of carbonyl (C=O) groups is 1. The lowest BCUT2D eigenvalue weighted by Crippen LogP contribution is -2.44. The van der Waals surface area contributed by atoms with Crippen LogP contribution in [0.4, 0.5) is 0 Å². The molecule has 2 aromatic heterocycles. The summed E-state index contributed by atoms with van der Waals surface area (Å²) < 4.78 is 7.01. The van der Waals surface area contributed by atoms with Crippen LogP contribution in [0.25, 0.3) is 10.2 Å². The third-order valence-corrected chi connectivity index (χ3v) is 5.48. The lowest BCUT2D eigenvalue weighted by Gasteiger charge is -2.32. The standard InChI is InChI=1S/C18H16ClN3O2S/c19-13-10-20-8-7-15(13)24-12-4-3-9-22(11-12)18(23)17-21-14-5-1-2-6-16(14)25-17/h1-2,5-8,10,12H,3-4,9,11H2. The molecule has 1 unspecified atom stereocenters. The average molecular weight is 374 g/mol. The number of para-hydroxylation sites is 1. The molecule has 1 aromatic carbocycles. The molecule has 128 valence electrons. The Balaban J connectivity index is 1.48. The maximum absolute atomic E-state index is 12.8. The van der Waals surface area contributed by atoms with Crippen molar-refractivity contribution in [1.82, 2.24) is 14.9 Å². The minimum atomic E-state index is -0.0769. The van der Waals surface area contributed by atoms with Gasteiger partial charge in [0.25, 0.3) is 5.91 Å². The third kappa shape index (κ3) is 3.45. The first-order chi connectivity index (χ1) is 12.2. The van der Waals surface area contributed by atoms with E-state index in [0.717, 1.165) is 29.6 Å². The van der Waals surface area contributed by atoms with Crippen LogP contribution in [-0.4, -0.2) is 40.0 Å². The Kier molecular flexibility index (Phi) is 4.55. The molecule has 1 saturated heterocycles. The van der Waals surface area contributed by atoms with Crippen LogP contribution in [0.5, 0.6) is 5.75 Å². The molecule has 1 amide bonds. The fourth-order valence-electron chi connectivity index (χ4n) is 2.96. The second kappa shape index (κ2) is 6.98. The summed E-state index contributed by atoms with van der Waals surface area (Å²) in [5.74, 6) is 0.575. The summed E-state index contributed by atoms with van der Waals surface area (Å²) in [6.07, 6.45) is 4.91. The highest BCUT2D eigenvalue weighted by Crippen LogP contribution is 2.27. The molecule has 0 N–H and O–H groups in total. The minimum absolute atomic E-state index is 0.0321. The van der Waals surface area contributed by atoms with Crippen molar-refractivity contribution in [1.29, 1.82) is 0 Å². The highest BCUT2D eigenvalue weighted by molar-refractivity contribution is 7.20. The average Bonchev–Trinajstić information content (AvgIpc) is 3.07. The van der Waals surface area contributed by atoms with E-state index in [-0.39, 0.29) is 12.0 Å². The maximum atomic E-state index is 12.8. The van der Waals surface area contributed by atoms with Gasteiger partial charge >= 0.3 is 0 Å². The van der Waals surface area contributed by atoms with E-state index in [1.807, 2.05) is 29.2 Å². The van der Waals surface area contributed by atoms with Crippen molar-refractivity contribution in [3.63, 3.8) is 0 Å². The fraction of sp³-hybridized carbons (Fsp3) is 0.278. The highest BCUT2D eigenvalue weighted by Gasteiger charge is 2.27. The van der Waals surface area contributed by atoms with Crippen LogP contribution >= 0.6 is 22.9 Å². The Hall–Kier alpha value is -2.18. The molecular weight excluding hydrogens is 358 g/mol. The van der Waals surface area contributed by atoms with Crippen molar-refractivity contribution in [3.8, 4) is 5.75 Å². The van der Waals surface area contributed by atoms with Gasteiger partial charge in [0.05, 0.1) is 16.8 Å². The SMILES string of the molecule is O=C(c1nc2ccccc2s1)N1CCCC(Oc2ccncc2Cl)C1. The van der Waals surface area contributed by atoms with Crippen LogP contribution in [-0.2, 0) is 0 Å². The molecule has 1 atom stereocenters. The number of halogens is 1. The van der Waals surface area contributed by atoms with Gasteiger partial charge in [0, 0.05) is 25.0 Å². The first-order valence-corrected chi connectivity index (χ1v) is 9.31. The van der Waals surface area contributed by atoms with Crippen LogP contribution in [0.3, 0.4) is 0 Å². The molecule has 3 heterocycles. The summed E-state index contributed by atoms with van der Waals surface area (Å²) in [6.45, 7) is 1.26. The van der Waals surface area contributed by atoms with Gasteiger partial charge in [-0.05, 0) is 25.0 Å². The van der Waals surface area contributed by atoms with Gasteiger partial charge in [0.15, 0.2) is 5.01 Å². The number of amides is 1. The van der Waals surface area contributed by atoms with Crippen LogP contribution in [0.2, 0.25) is 5.02 Å². The van der Waals surface area contributed by atoms with E-state index in [0.29, 0.717) is 22.3 Å². The molecular formula is C18H16ClN3O2S. The summed E-state index contributed by atoms with van der Waals surface area (Å²) >= 11 is 7.54. The number of hydrogen-bond donors (Lipinski definition) is 0.